The van der Waals surface area contributed by atoms with Gasteiger partial charge in [0.05, 0.1) is 5.56 Å². The minimum atomic E-state index is -4.25. The minimum absolute atomic E-state index is 0.178. The lowest BCUT2D eigenvalue weighted by molar-refractivity contribution is -0.137. The van der Waals surface area contributed by atoms with Crippen LogP contribution in [0.25, 0.3) is 0 Å². The lowest BCUT2D eigenvalue weighted by atomic mass is 10.0. The molecule has 0 saturated heterocycles. The van der Waals surface area contributed by atoms with E-state index in [4.69, 9.17) is 11.6 Å². The third kappa shape index (κ3) is 3.63. The Morgan fingerprint density at radius 1 is 1.18 bits per heavy atom. The van der Waals surface area contributed by atoms with Crippen molar-refractivity contribution in [2.45, 2.75) is 37.2 Å². The Morgan fingerprint density at radius 3 is 2.24 bits per heavy atom. The summed E-state index contributed by atoms with van der Waals surface area (Å²) >= 11 is 6.15. The molecule has 4 heteroatoms. The summed E-state index contributed by atoms with van der Waals surface area (Å²) in [6.07, 6.45) is -0.260. The Balaban J connectivity index is 1.89. The van der Waals surface area contributed by atoms with Gasteiger partial charge in [0.1, 0.15) is 0 Å². The third-order valence-electron chi connectivity index (χ3n) is 3.12. The first-order valence-corrected chi connectivity index (χ1v) is 6.20. The van der Waals surface area contributed by atoms with Crippen molar-refractivity contribution in [3.05, 3.63) is 35.4 Å². The quantitative estimate of drug-likeness (QED) is 0.693. The van der Waals surface area contributed by atoms with Crippen LogP contribution in [-0.2, 0) is 12.6 Å². The number of hydrogen-bond donors (Lipinski definition) is 0. The number of halogens is 4. The van der Waals surface area contributed by atoms with E-state index in [1.807, 2.05) is 0 Å². The zero-order valence-corrected chi connectivity index (χ0v) is 10.1. The highest BCUT2D eigenvalue weighted by Gasteiger charge is 2.30. The third-order valence-corrected chi connectivity index (χ3v) is 3.70. The van der Waals surface area contributed by atoms with Crippen molar-refractivity contribution in [1.29, 1.82) is 0 Å². The molecule has 0 nitrogen and oxygen atoms in total. The van der Waals surface area contributed by atoms with Gasteiger partial charge in [-0.25, -0.2) is 0 Å². The van der Waals surface area contributed by atoms with Crippen LogP contribution in [0.4, 0.5) is 13.2 Å². The van der Waals surface area contributed by atoms with E-state index in [1.54, 1.807) is 12.1 Å². The van der Waals surface area contributed by atoms with Crippen molar-refractivity contribution in [2.24, 2.45) is 5.92 Å². The van der Waals surface area contributed by atoms with Gasteiger partial charge in [-0.1, -0.05) is 12.1 Å². The Morgan fingerprint density at radius 2 is 1.76 bits per heavy atom. The standard InChI is InChI=1S/C13H14ClF3/c14-12(10-4-5-10)8-3-9-1-6-11(7-2-9)13(15,16)17/h1-2,6-7,10,12H,3-5,8H2. The molecule has 0 radical (unpaired) electrons. The van der Waals surface area contributed by atoms with Gasteiger partial charge in [0.25, 0.3) is 0 Å². The molecule has 0 aliphatic heterocycles. The molecule has 0 amide bonds. The number of benzene rings is 1. The van der Waals surface area contributed by atoms with E-state index < -0.39 is 11.7 Å². The smallest absolute Gasteiger partial charge is 0.166 e. The summed E-state index contributed by atoms with van der Waals surface area (Å²) in [6.45, 7) is 0. The van der Waals surface area contributed by atoms with Gasteiger partial charge in [0.2, 0.25) is 0 Å². The van der Waals surface area contributed by atoms with E-state index in [1.165, 1.54) is 12.8 Å². The molecule has 1 saturated carbocycles. The van der Waals surface area contributed by atoms with Gasteiger partial charge < -0.3 is 0 Å². The highest BCUT2D eigenvalue weighted by Crippen LogP contribution is 2.37. The van der Waals surface area contributed by atoms with Crippen LogP contribution in [0.3, 0.4) is 0 Å². The molecule has 94 valence electrons. The molecular formula is C13H14ClF3. The fraction of sp³-hybridized carbons (Fsp3) is 0.538. The predicted octanol–water partition coefficient (Wildman–Crippen LogP) is 4.66. The van der Waals surface area contributed by atoms with Crippen LogP contribution < -0.4 is 0 Å². The fourth-order valence-corrected chi connectivity index (χ4v) is 2.22. The molecule has 1 unspecified atom stereocenters. The highest BCUT2D eigenvalue weighted by atomic mass is 35.5. The predicted molar refractivity (Wildman–Crippen MR) is 62.1 cm³/mol. The first-order valence-electron chi connectivity index (χ1n) is 5.77. The van der Waals surface area contributed by atoms with E-state index in [2.05, 4.69) is 0 Å². The zero-order valence-electron chi connectivity index (χ0n) is 9.30. The van der Waals surface area contributed by atoms with E-state index >= 15 is 0 Å². The van der Waals surface area contributed by atoms with Gasteiger partial charge in [-0.3, -0.25) is 0 Å². The van der Waals surface area contributed by atoms with Gasteiger partial charge in [-0.2, -0.15) is 13.2 Å². The number of aryl methyl sites for hydroxylation is 1. The monoisotopic (exact) mass is 262 g/mol. The molecule has 17 heavy (non-hydrogen) atoms. The molecule has 1 aromatic carbocycles. The normalized spacial score (nSPS) is 18.1. The maximum Gasteiger partial charge on any atom is 0.416 e. The van der Waals surface area contributed by atoms with Gasteiger partial charge in [-0.15, -0.1) is 11.6 Å². The van der Waals surface area contributed by atoms with E-state index in [9.17, 15) is 13.2 Å². The van der Waals surface area contributed by atoms with Crippen molar-refractivity contribution < 1.29 is 13.2 Å². The Labute approximate surface area is 104 Å². The first-order chi connectivity index (χ1) is 7.97. The molecule has 0 aromatic heterocycles. The van der Waals surface area contributed by atoms with Crippen LogP contribution in [0.15, 0.2) is 24.3 Å². The Hall–Kier alpha value is -0.700. The number of alkyl halides is 4. The van der Waals surface area contributed by atoms with Crippen LogP contribution in [0.2, 0.25) is 0 Å². The topological polar surface area (TPSA) is 0 Å². The van der Waals surface area contributed by atoms with Crippen molar-refractivity contribution in [2.75, 3.05) is 0 Å². The molecular weight excluding hydrogens is 249 g/mol. The first kappa shape index (κ1) is 12.7. The second-order valence-electron chi connectivity index (χ2n) is 4.59. The van der Waals surface area contributed by atoms with Crippen LogP contribution in [0.5, 0.6) is 0 Å². The molecule has 1 aliphatic carbocycles. The molecule has 1 atom stereocenters. The largest absolute Gasteiger partial charge is 0.416 e. The highest BCUT2D eigenvalue weighted by molar-refractivity contribution is 6.20. The SMILES string of the molecule is FC(F)(F)c1ccc(CCC(Cl)C2CC2)cc1. The Kier molecular flexibility index (Phi) is 3.67. The molecule has 0 spiro atoms. The van der Waals surface area contributed by atoms with E-state index in [0.29, 0.717) is 5.92 Å². The van der Waals surface area contributed by atoms with Crippen LogP contribution in [0, 0.1) is 5.92 Å². The van der Waals surface area contributed by atoms with Gasteiger partial charge in [0, 0.05) is 5.38 Å². The summed E-state index contributed by atoms with van der Waals surface area (Å²) in [5.74, 6) is 0.631. The molecule has 1 fully saturated rings. The van der Waals surface area contributed by atoms with Crippen molar-refractivity contribution in [3.63, 3.8) is 0 Å². The number of hydrogen-bond acceptors (Lipinski definition) is 0. The van der Waals surface area contributed by atoms with Crippen molar-refractivity contribution in [3.8, 4) is 0 Å². The summed E-state index contributed by atoms with van der Waals surface area (Å²) in [6, 6.07) is 5.35. The average molecular weight is 263 g/mol. The van der Waals surface area contributed by atoms with Crippen LogP contribution >= 0.6 is 11.6 Å². The minimum Gasteiger partial charge on any atom is -0.166 e. The summed E-state index contributed by atoms with van der Waals surface area (Å²) in [4.78, 5) is 0. The molecule has 2 rings (SSSR count). The summed E-state index contributed by atoms with van der Waals surface area (Å²) < 4.78 is 37.0. The lowest BCUT2D eigenvalue weighted by Crippen LogP contribution is -2.05. The fourth-order valence-electron chi connectivity index (χ4n) is 1.86. The van der Waals surface area contributed by atoms with Crippen molar-refractivity contribution in [1.82, 2.24) is 0 Å². The number of rotatable bonds is 4. The second-order valence-corrected chi connectivity index (χ2v) is 5.15. The van der Waals surface area contributed by atoms with Gasteiger partial charge in [0.15, 0.2) is 0 Å². The molecule has 0 heterocycles. The summed E-state index contributed by atoms with van der Waals surface area (Å²) in [5.41, 5.74) is 0.329. The van der Waals surface area contributed by atoms with Crippen molar-refractivity contribution >= 4 is 11.6 Å². The van der Waals surface area contributed by atoms with Gasteiger partial charge in [-0.05, 0) is 49.3 Å². The molecule has 0 bridgehead atoms. The summed E-state index contributed by atoms with van der Waals surface area (Å²) in [5, 5.41) is 0.178. The Bertz CT molecular complexity index is 365. The lowest BCUT2D eigenvalue weighted by Gasteiger charge is -2.09. The van der Waals surface area contributed by atoms with E-state index in [0.717, 1.165) is 30.5 Å². The summed E-state index contributed by atoms with van der Waals surface area (Å²) in [7, 11) is 0. The second kappa shape index (κ2) is 4.89. The van der Waals surface area contributed by atoms with Crippen LogP contribution in [-0.4, -0.2) is 5.38 Å². The van der Waals surface area contributed by atoms with Crippen LogP contribution in [0.1, 0.15) is 30.4 Å². The average Bonchev–Trinajstić information content (AvgIpc) is 3.09. The molecule has 1 aliphatic rings. The zero-order chi connectivity index (χ0) is 12.5. The molecule has 0 N–H and O–H groups in total. The molecule has 1 aromatic rings. The maximum atomic E-state index is 12.3. The van der Waals surface area contributed by atoms with E-state index in [-0.39, 0.29) is 5.38 Å². The van der Waals surface area contributed by atoms with Gasteiger partial charge >= 0.3 is 6.18 Å². The maximum absolute atomic E-state index is 12.3.